The Morgan fingerprint density at radius 2 is 1.82 bits per heavy atom. The van der Waals surface area contributed by atoms with Crippen molar-refractivity contribution in [2.75, 3.05) is 19.7 Å². The van der Waals surface area contributed by atoms with Gasteiger partial charge in [0.25, 0.3) is 0 Å². The summed E-state index contributed by atoms with van der Waals surface area (Å²) in [6.07, 6.45) is 5.72. The monoisotopic (exact) mass is 453 g/mol. The summed E-state index contributed by atoms with van der Waals surface area (Å²) in [5.41, 5.74) is 4.78. The van der Waals surface area contributed by atoms with Crippen molar-refractivity contribution < 1.29 is 13.9 Å². The molecule has 0 N–H and O–H groups in total. The second-order valence-corrected chi connectivity index (χ2v) is 9.29. The smallest absolute Gasteiger partial charge is 0.246 e. The van der Waals surface area contributed by atoms with E-state index in [1.807, 2.05) is 31.1 Å². The van der Waals surface area contributed by atoms with Crippen LogP contribution in [0, 0.1) is 5.92 Å². The molecule has 1 fully saturated rings. The number of ether oxygens (including phenoxy) is 1. The van der Waals surface area contributed by atoms with E-state index in [0.717, 1.165) is 64.9 Å². The molecule has 174 valence electrons. The molecule has 4 heteroatoms. The summed E-state index contributed by atoms with van der Waals surface area (Å²) < 4.78 is 12.0. The van der Waals surface area contributed by atoms with E-state index in [1.165, 1.54) is 10.8 Å². The third-order valence-corrected chi connectivity index (χ3v) is 6.92. The average molecular weight is 454 g/mol. The number of rotatable bonds is 5. The molecule has 1 amide bonds. The molecule has 1 aliphatic rings. The van der Waals surface area contributed by atoms with Gasteiger partial charge in [0.05, 0.1) is 12.9 Å². The van der Waals surface area contributed by atoms with E-state index in [-0.39, 0.29) is 5.91 Å². The Hall–Kier alpha value is -3.53. The first kappa shape index (κ1) is 22.3. The number of piperidine rings is 1. The quantitative estimate of drug-likeness (QED) is 0.297. The van der Waals surface area contributed by atoms with E-state index in [4.69, 9.17) is 9.15 Å². The zero-order chi connectivity index (χ0) is 23.7. The van der Waals surface area contributed by atoms with Gasteiger partial charge in [0.1, 0.15) is 11.3 Å². The predicted octanol–water partition coefficient (Wildman–Crippen LogP) is 7.31. The van der Waals surface area contributed by atoms with Crippen molar-refractivity contribution in [3.05, 3.63) is 72.5 Å². The summed E-state index contributed by atoms with van der Waals surface area (Å²) in [6, 6.07) is 18.8. The van der Waals surface area contributed by atoms with Crippen molar-refractivity contribution >= 4 is 33.2 Å². The molecule has 1 aromatic heterocycles. The molecule has 4 aromatic rings. The number of hydrogen-bond acceptors (Lipinski definition) is 3. The Labute approximate surface area is 200 Å². The van der Waals surface area contributed by atoms with Crippen molar-refractivity contribution in [1.82, 2.24) is 4.90 Å². The van der Waals surface area contributed by atoms with Gasteiger partial charge in [-0.3, -0.25) is 4.79 Å². The first-order valence-corrected chi connectivity index (χ1v) is 12.2. The maximum absolute atomic E-state index is 13.0. The number of likely N-dealkylation sites (tertiary alicyclic amines) is 1. The molecule has 0 aliphatic carbocycles. The van der Waals surface area contributed by atoms with Crippen molar-refractivity contribution in [2.24, 2.45) is 5.92 Å². The number of hydrogen-bond donors (Lipinski definition) is 0. The minimum absolute atomic E-state index is 0.0772. The molecule has 1 saturated heterocycles. The van der Waals surface area contributed by atoms with E-state index in [9.17, 15) is 4.79 Å². The molecule has 3 aromatic carbocycles. The van der Waals surface area contributed by atoms with Crippen LogP contribution in [0.2, 0.25) is 0 Å². The van der Waals surface area contributed by atoms with Crippen LogP contribution in [0.25, 0.3) is 38.4 Å². The third-order valence-electron chi connectivity index (χ3n) is 6.92. The molecule has 2 heterocycles. The Morgan fingerprint density at radius 3 is 2.62 bits per heavy atom. The lowest BCUT2D eigenvalue weighted by Gasteiger charge is -2.29. The lowest BCUT2D eigenvalue weighted by molar-refractivity contribution is -0.127. The summed E-state index contributed by atoms with van der Waals surface area (Å²) in [4.78, 5) is 15.0. The zero-order valence-corrected chi connectivity index (χ0v) is 20.1. The number of nitrogens with zero attached hydrogens (tertiary/aromatic N) is 1. The third kappa shape index (κ3) is 4.21. The topological polar surface area (TPSA) is 42.7 Å². The molecule has 4 nitrogen and oxygen atoms in total. The Balaban J connectivity index is 1.58. The number of allylic oxidation sites excluding steroid dienone is 1. The standard InChI is InChI=1S/C30H31NO3/c1-4-33-28-18-29-26(17-25(28)21(3)16-30(32)31-14-12-20(2)13-15-31)27(19-34-29)24-11-7-9-22-8-5-6-10-23(22)24/h5-11,16-20H,4,12-15H2,1-3H3/b21-16+. The minimum Gasteiger partial charge on any atom is -0.493 e. The number of carbonyl (C=O) groups is 1. The summed E-state index contributed by atoms with van der Waals surface area (Å²) in [5.74, 6) is 1.51. The van der Waals surface area contributed by atoms with Crippen LogP contribution in [0.15, 0.2) is 71.4 Å². The van der Waals surface area contributed by atoms with Gasteiger partial charge in [-0.05, 0) is 60.6 Å². The zero-order valence-electron chi connectivity index (χ0n) is 20.1. The molecule has 34 heavy (non-hydrogen) atoms. The van der Waals surface area contributed by atoms with Crippen LogP contribution in [0.3, 0.4) is 0 Å². The number of fused-ring (bicyclic) bond motifs is 2. The van der Waals surface area contributed by atoms with E-state index in [2.05, 4.69) is 55.5 Å². The highest BCUT2D eigenvalue weighted by Gasteiger charge is 2.20. The molecule has 5 rings (SSSR count). The van der Waals surface area contributed by atoms with Crippen LogP contribution < -0.4 is 4.74 Å². The highest BCUT2D eigenvalue weighted by atomic mass is 16.5. The normalized spacial score (nSPS) is 15.3. The van der Waals surface area contributed by atoms with Crippen LogP contribution in [0.5, 0.6) is 5.75 Å². The van der Waals surface area contributed by atoms with Crippen molar-refractivity contribution in [1.29, 1.82) is 0 Å². The van der Waals surface area contributed by atoms with Gasteiger partial charge in [-0.1, -0.05) is 49.4 Å². The maximum Gasteiger partial charge on any atom is 0.246 e. The van der Waals surface area contributed by atoms with E-state index in [1.54, 1.807) is 6.08 Å². The SMILES string of the molecule is CCOc1cc2occ(-c3cccc4ccccc34)c2cc1/C(C)=C/C(=O)N1CCC(C)CC1. The largest absolute Gasteiger partial charge is 0.493 e. The fourth-order valence-electron chi connectivity index (χ4n) is 4.89. The summed E-state index contributed by atoms with van der Waals surface area (Å²) in [5, 5.41) is 3.39. The van der Waals surface area contributed by atoms with E-state index >= 15 is 0 Å². The molecule has 1 aliphatic heterocycles. The van der Waals surface area contributed by atoms with Crippen LogP contribution in [0.4, 0.5) is 0 Å². The number of amides is 1. The number of furan rings is 1. The second kappa shape index (κ2) is 9.38. The molecular formula is C30H31NO3. The van der Waals surface area contributed by atoms with Crippen LogP contribution in [0.1, 0.15) is 39.2 Å². The van der Waals surface area contributed by atoms with Gasteiger partial charge < -0.3 is 14.1 Å². The first-order valence-electron chi connectivity index (χ1n) is 12.2. The summed E-state index contributed by atoms with van der Waals surface area (Å²) in [6.45, 7) is 8.41. The Kier molecular flexibility index (Phi) is 6.14. The fraction of sp³-hybridized carbons (Fsp3) is 0.300. The Morgan fingerprint density at radius 1 is 1.06 bits per heavy atom. The number of carbonyl (C=O) groups excluding carboxylic acids is 1. The van der Waals surface area contributed by atoms with Crippen LogP contribution in [-0.4, -0.2) is 30.5 Å². The van der Waals surface area contributed by atoms with Gasteiger partial charge in [0, 0.05) is 41.7 Å². The van der Waals surface area contributed by atoms with E-state index < -0.39 is 0 Å². The Bertz CT molecular complexity index is 1370. The summed E-state index contributed by atoms with van der Waals surface area (Å²) in [7, 11) is 0. The first-order chi connectivity index (χ1) is 16.5. The molecule has 0 bridgehead atoms. The number of benzene rings is 3. The van der Waals surface area contributed by atoms with Crippen molar-refractivity contribution in [2.45, 2.75) is 33.6 Å². The highest BCUT2D eigenvalue weighted by Crippen LogP contribution is 2.39. The van der Waals surface area contributed by atoms with E-state index in [0.29, 0.717) is 12.5 Å². The summed E-state index contributed by atoms with van der Waals surface area (Å²) >= 11 is 0. The minimum atomic E-state index is 0.0772. The van der Waals surface area contributed by atoms with Gasteiger partial charge in [-0.2, -0.15) is 0 Å². The van der Waals surface area contributed by atoms with Crippen LogP contribution >= 0.6 is 0 Å². The van der Waals surface area contributed by atoms with Crippen molar-refractivity contribution in [3.8, 4) is 16.9 Å². The van der Waals surface area contributed by atoms with Gasteiger partial charge in [-0.15, -0.1) is 0 Å². The molecule has 0 spiro atoms. The fourth-order valence-corrected chi connectivity index (χ4v) is 4.89. The maximum atomic E-state index is 13.0. The molecule has 0 saturated carbocycles. The predicted molar refractivity (Wildman–Crippen MR) is 139 cm³/mol. The molecular weight excluding hydrogens is 422 g/mol. The van der Waals surface area contributed by atoms with Crippen molar-refractivity contribution in [3.63, 3.8) is 0 Å². The molecule has 0 atom stereocenters. The second-order valence-electron chi connectivity index (χ2n) is 9.29. The van der Waals surface area contributed by atoms with Gasteiger partial charge >= 0.3 is 0 Å². The highest BCUT2D eigenvalue weighted by molar-refractivity contribution is 6.06. The van der Waals surface area contributed by atoms with Crippen LogP contribution in [-0.2, 0) is 4.79 Å². The molecule has 0 radical (unpaired) electrons. The average Bonchev–Trinajstić information content (AvgIpc) is 3.26. The van der Waals surface area contributed by atoms with Gasteiger partial charge in [-0.25, -0.2) is 0 Å². The lowest BCUT2D eigenvalue weighted by Crippen LogP contribution is -2.36. The van der Waals surface area contributed by atoms with Gasteiger partial charge in [0.15, 0.2) is 0 Å². The lowest BCUT2D eigenvalue weighted by atomic mass is 9.95. The molecule has 0 unspecified atom stereocenters. The van der Waals surface area contributed by atoms with Gasteiger partial charge in [0.2, 0.25) is 5.91 Å².